The maximum atomic E-state index is 10.4. The van der Waals surface area contributed by atoms with Gasteiger partial charge in [0.05, 0.1) is 12.1 Å². The SMILES string of the molecule is COc1c(C)c(Cl)c(C)c(C2CCCCN2)c1O. The normalized spacial score (nSPS) is 19.9. The fraction of sp³-hybridized carbons (Fsp3) is 0.571. The number of phenolic OH excluding ortho intramolecular Hbond substituents is 1. The smallest absolute Gasteiger partial charge is 0.165 e. The molecule has 2 N–H and O–H groups in total. The van der Waals surface area contributed by atoms with E-state index in [2.05, 4.69) is 5.32 Å². The molecule has 1 aromatic rings. The molecule has 3 nitrogen and oxygen atoms in total. The summed E-state index contributed by atoms with van der Waals surface area (Å²) in [6, 6.07) is 0.172. The molecule has 4 heteroatoms. The van der Waals surface area contributed by atoms with Crippen molar-refractivity contribution >= 4 is 11.6 Å². The number of hydrogen-bond donors (Lipinski definition) is 2. The number of methoxy groups -OCH3 is 1. The van der Waals surface area contributed by atoms with Gasteiger partial charge in [0.25, 0.3) is 0 Å². The summed E-state index contributed by atoms with van der Waals surface area (Å²) in [5, 5.41) is 14.5. The van der Waals surface area contributed by atoms with Gasteiger partial charge in [0.15, 0.2) is 11.5 Å². The minimum Gasteiger partial charge on any atom is -0.504 e. The average molecular weight is 270 g/mol. The molecule has 0 bridgehead atoms. The highest BCUT2D eigenvalue weighted by molar-refractivity contribution is 6.32. The van der Waals surface area contributed by atoms with Gasteiger partial charge in [-0.3, -0.25) is 0 Å². The van der Waals surface area contributed by atoms with Crippen molar-refractivity contribution in [3.63, 3.8) is 0 Å². The minimum absolute atomic E-state index is 0.172. The number of ether oxygens (including phenoxy) is 1. The first kappa shape index (κ1) is 13.5. The lowest BCUT2D eigenvalue weighted by Gasteiger charge is -2.27. The van der Waals surface area contributed by atoms with Gasteiger partial charge in [-0.05, 0) is 38.8 Å². The van der Waals surface area contributed by atoms with Gasteiger partial charge in [0.2, 0.25) is 0 Å². The lowest BCUT2D eigenvalue weighted by Crippen LogP contribution is -2.27. The van der Waals surface area contributed by atoms with E-state index in [-0.39, 0.29) is 11.8 Å². The van der Waals surface area contributed by atoms with Gasteiger partial charge in [-0.15, -0.1) is 0 Å². The van der Waals surface area contributed by atoms with Gasteiger partial charge in [-0.1, -0.05) is 18.0 Å². The van der Waals surface area contributed by atoms with Crippen LogP contribution in [0.2, 0.25) is 5.02 Å². The molecule has 0 amide bonds. The van der Waals surface area contributed by atoms with E-state index in [9.17, 15) is 5.11 Å². The third-order valence-electron chi connectivity index (χ3n) is 3.74. The summed E-state index contributed by atoms with van der Waals surface area (Å²) in [4.78, 5) is 0. The lowest BCUT2D eigenvalue weighted by atomic mass is 9.91. The first-order valence-corrected chi connectivity index (χ1v) is 6.74. The Morgan fingerprint density at radius 1 is 1.28 bits per heavy atom. The van der Waals surface area contributed by atoms with Crippen LogP contribution in [-0.4, -0.2) is 18.8 Å². The van der Waals surface area contributed by atoms with E-state index in [4.69, 9.17) is 16.3 Å². The summed E-state index contributed by atoms with van der Waals surface area (Å²) >= 11 is 6.34. The van der Waals surface area contributed by atoms with Crippen LogP contribution in [0.1, 0.15) is 42.0 Å². The van der Waals surface area contributed by atoms with Crippen molar-refractivity contribution in [3.8, 4) is 11.5 Å². The summed E-state index contributed by atoms with van der Waals surface area (Å²) < 4.78 is 5.28. The summed E-state index contributed by atoms with van der Waals surface area (Å²) in [5.41, 5.74) is 2.64. The summed E-state index contributed by atoms with van der Waals surface area (Å²) in [7, 11) is 1.56. The van der Waals surface area contributed by atoms with Crippen molar-refractivity contribution < 1.29 is 9.84 Å². The van der Waals surface area contributed by atoms with E-state index in [0.717, 1.165) is 29.7 Å². The predicted molar refractivity (Wildman–Crippen MR) is 73.7 cm³/mol. The van der Waals surface area contributed by atoms with Gasteiger partial charge >= 0.3 is 0 Å². The second kappa shape index (κ2) is 5.37. The highest BCUT2D eigenvalue weighted by atomic mass is 35.5. The van der Waals surface area contributed by atoms with E-state index in [1.165, 1.54) is 12.8 Å². The molecule has 0 aromatic heterocycles. The Balaban J connectivity index is 2.54. The van der Waals surface area contributed by atoms with Crippen LogP contribution in [0.3, 0.4) is 0 Å². The molecule has 0 saturated carbocycles. The molecule has 100 valence electrons. The fourth-order valence-electron chi connectivity index (χ4n) is 2.75. The van der Waals surface area contributed by atoms with Crippen LogP contribution in [0.4, 0.5) is 0 Å². The van der Waals surface area contributed by atoms with Crippen LogP contribution in [0.15, 0.2) is 0 Å². The number of rotatable bonds is 2. The van der Waals surface area contributed by atoms with Crippen LogP contribution in [-0.2, 0) is 0 Å². The maximum Gasteiger partial charge on any atom is 0.165 e. The van der Waals surface area contributed by atoms with Crippen molar-refractivity contribution in [1.29, 1.82) is 0 Å². The summed E-state index contributed by atoms with van der Waals surface area (Å²) in [6.07, 6.45) is 3.38. The zero-order chi connectivity index (χ0) is 13.3. The van der Waals surface area contributed by atoms with Gasteiger partial charge < -0.3 is 15.2 Å². The average Bonchev–Trinajstić information content (AvgIpc) is 2.38. The number of benzene rings is 1. The van der Waals surface area contributed by atoms with E-state index >= 15 is 0 Å². The molecule has 1 aliphatic heterocycles. The first-order valence-electron chi connectivity index (χ1n) is 6.36. The highest BCUT2D eigenvalue weighted by Gasteiger charge is 2.25. The van der Waals surface area contributed by atoms with Crippen LogP contribution < -0.4 is 10.1 Å². The Labute approximate surface area is 113 Å². The van der Waals surface area contributed by atoms with Crippen LogP contribution in [0.5, 0.6) is 11.5 Å². The van der Waals surface area contributed by atoms with Crippen LogP contribution in [0, 0.1) is 13.8 Å². The number of nitrogens with one attached hydrogen (secondary N) is 1. The molecule has 1 fully saturated rings. The molecule has 1 unspecified atom stereocenters. The Kier molecular flexibility index (Phi) is 4.03. The third kappa shape index (κ3) is 2.17. The molecular weight excluding hydrogens is 250 g/mol. The summed E-state index contributed by atoms with van der Waals surface area (Å²) in [6.45, 7) is 4.81. The van der Waals surface area contributed by atoms with Gasteiger partial charge in [0.1, 0.15) is 0 Å². The second-order valence-electron chi connectivity index (χ2n) is 4.86. The molecule has 1 heterocycles. The van der Waals surface area contributed by atoms with Crippen molar-refractivity contribution in [2.24, 2.45) is 0 Å². The second-order valence-corrected chi connectivity index (χ2v) is 5.24. The quantitative estimate of drug-likeness (QED) is 0.864. The number of hydrogen-bond acceptors (Lipinski definition) is 3. The Morgan fingerprint density at radius 3 is 2.56 bits per heavy atom. The molecule has 1 aliphatic rings. The number of aromatic hydroxyl groups is 1. The van der Waals surface area contributed by atoms with E-state index < -0.39 is 0 Å². The number of halogens is 1. The van der Waals surface area contributed by atoms with Gasteiger partial charge in [0, 0.05) is 17.2 Å². The van der Waals surface area contributed by atoms with Crippen molar-refractivity contribution in [3.05, 3.63) is 21.7 Å². The first-order chi connectivity index (χ1) is 8.57. The van der Waals surface area contributed by atoms with E-state index in [1.54, 1.807) is 7.11 Å². The minimum atomic E-state index is 0.172. The van der Waals surface area contributed by atoms with E-state index in [1.807, 2.05) is 13.8 Å². The van der Waals surface area contributed by atoms with Crippen molar-refractivity contribution in [1.82, 2.24) is 5.32 Å². The highest BCUT2D eigenvalue weighted by Crippen LogP contribution is 2.45. The molecule has 2 rings (SSSR count). The topological polar surface area (TPSA) is 41.5 Å². The molecule has 18 heavy (non-hydrogen) atoms. The van der Waals surface area contributed by atoms with E-state index in [0.29, 0.717) is 10.8 Å². The molecule has 1 aromatic carbocycles. The predicted octanol–water partition coefficient (Wildman–Crippen LogP) is 3.49. The molecule has 0 aliphatic carbocycles. The van der Waals surface area contributed by atoms with Crippen molar-refractivity contribution in [2.45, 2.75) is 39.2 Å². The Morgan fingerprint density at radius 2 is 2.00 bits per heavy atom. The van der Waals surface area contributed by atoms with Crippen LogP contribution in [0.25, 0.3) is 0 Å². The third-order valence-corrected chi connectivity index (χ3v) is 4.30. The zero-order valence-corrected chi connectivity index (χ0v) is 11.9. The summed E-state index contributed by atoms with van der Waals surface area (Å²) in [5.74, 6) is 0.726. The molecule has 1 atom stereocenters. The molecule has 0 radical (unpaired) electrons. The maximum absolute atomic E-state index is 10.4. The standard InChI is InChI=1S/C14H20ClNO2/c1-8-11(10-6-4-5-7-16-10)13(17)14(18-3)9(2)12(8)15/h10,16-17H,4-7H2,1-3H3. The molecule has 1 saturated heterocycles. The van der Waals surface area contributed by atoms with Crippen molar-refractivity contribution in [2.75, 3.05) is 13.7 Å². The lowest BCUT2D eigenvalue weighted by molar-refractivity contribution is 0.352. The largest absolute Gasteiger partial charge is 0.504 e. The monoisotopic (exact) mass is 269 g/mol. The Bertz CT molecular complexity index is 454. The van der Waals surface area contributed by atoms with Crippen LogP contribution >= 0.6 is 11.6 Å². The Hall–Kier alpha value is -0.930. The molecular formula is C14H20ClNO2. The van der Waals surface area contributed by atoms with Gasteiger partial charge in [-0.2, -0.15) is 0 Å². The zero-order valence-electron chi connectivity index (χ0n) is 11.1. The van der Waals surface area contributed by atoms with Gasteiger partial charge in [-0.25, -0.2) is 0 Å². The number of piperidine rings is 1. The molecule has 0 spiro atoms. The fourth-order valence-corrected chi connectivity index (χ4v) is 2.94. The number of phenols is 1.